The Morgan fingerprint density at radius 3 is 2.71 bits per heavy atom. The number of rotatable bonds is 5. The molecule has 3 nitrogen and oxygen atoms in total. The molecule has 0 spiro atoms. The minimum absolute atomic E-state index is 0.392. The Hall–Kier alpha value is -0.930. The van der Waals surface area contributed by atoms with Gasteiger partial charge in [0.25, 0.3) is 0 Å². The lowest BCUT2D eigenvalue weighted by Crippen LogP contribution is -2.56. The highest BCUT2D eigenvalue weighted by Gasteiger charge is 2.38. The summed E-state index contributed by atoms with van der Waals surface area (Å²) in [5.41, 5.74) is 2.83. The van der Waals surface area contributed by atoms with Gasteiger partial charge < -0.3 is 10.2 Å². The monoisotopic (exact) mass is 233 g/mol. The number of nitrogens with zero attached hydrogens (tertiary/aromatic N) is 2. The molecule has 17 heavy (non-hydrogen) atoms. The van der Waals surface area contributed by atoms with E-state index in [-0.39, 0.29) is 0 Å². The molecule has 1 aliphatic rings. The van der Waals surface area contributed by atoms with Crippen LogP contribution >= 0.6 is 0 Å². The van der Waals surface area contributed by atoms with Gasteiger partial charge in [-0.15, -0.1) is 0 Å². The van der Waals surface area contributed by atoms with Crippen LogP contribution in [0.25, 0.3) is 0 Å². The van der Waals surface area contributed by atoms with Gasteiger partial charge in [-0.2, -0.15) is 0 Å². The molecule has 3 heteroatoms. The van der Waals surface area contributed by atoms with Crippen LogP contribution in [0.5, 0.6) is 0 Å². The summed E-state index contributed by atoms with van der Waals surface area (Å²) in [5.74, 6) is 0. The Balaban J connectivity index is 1.85. The summed E-state index contributed by atoms with van der Waals surface area (Å²) in [6, 6.07) is 4.11. The lowest BCUT2D eigenvalue weighted by Gasteiger charge is -2.47. The summed E-state index contributed by atoms with van der Waals surface area (Å²) >= 11 is 0. The Kier molecular flexibility index (Phi) is 3.79. The van der Waals surface area contributed by atoms with Gasteiger partial charge >= 0.3 is 0 Å². The molecular formula is C14H23N3. The van der Waals surface area contributed by atoms with Gasteiger partial charge in [0.1, 0.15) is 0 Å². The van der Waals surface area contributed by atoms with Crippen LogP contribution in [0.1, 0.15) is 30.5 Å². The van der Waals surface area contributed by atoms with Crippen LogP contribution in [0, 0.1) is 6.92 Å². The van der Waals surface area contributed by atoms with Crippen molar-refractivity contribution in [1.82, 2.24) is 15.2 Å². The van der Waals surface area contributed by atoms with Crippen LogP contribution < -0.4 is 5.32 Å². The maximum Gasteiger partial charge on any atom is 0.0570 e. The molecule has 0 unspecified atom stereocenters. The first-order chi connectivity index (χ1) is 8.14. The molecular weight excluding hydrogens is 210 g/mol. The second-order valence-corrected chi connectivity index (χ2v) is 5.34. The molecule has 2 rings (SSSR count). The van der Waals surface area contributed by atoms with Gasteiger partial charge in [-0.25, -0.2) is 0 Å². The van der Waals surface area contributed by atoms with Gasteiger partial charge in [0.2, 0.25) is 0 Å². The molecule has 0 aliphatic heterocycles. The smallest absolute Gasteiger partial charge is 0.0570 e. The van der Waals surface area contributed by atoms with Crippen molar-refractivity contribution < 1.29 is 0 Å². The predicted octanol–water partition coefficient (Wildman–Crippen LogP) is 1.96. The third-order valence-electron chi connectivity index (χ3n) is 4.10. The molecule has 0 atom stereocenters. The Bertz CT molecular complexity index is 369. The molecule has 0 radical (unpaired) electrons. The van der Waals surface area contributed by atoms with Crippen LogP contribution in [-0.4, -0.2) is 36.1 Å². The first-order valence-electron chi connectivity index (χ1n) is 6.43. The molecule has 1 heterocycles. The van der Waals surface area contributed by atoms with Crippen molar-refractivity contribution in [3.63, 3.8) is 0 Å². The van der Waals surface area contributed by atoms with Gasteiger partial charge in [-0.3, -0.25) is 4.98 Å². The number of hydrogen-bond acceptors (Lipinski definition) is 3. The van der Waals surface area contributed by atoms with Crippen LogP contribution in [0.4, 0.5) is 0 Å². The lowest BCUT2D eigenvalue weighted by molar-refractivity contribution is 0.0597. The second-order valence-electron chi connectivity index (χ2n) is 5.34. The van der Waals surface area contributed by atoms with Gasteiger partial charge in [0, 0.05) is 24.8 Å². The first-order valence-corrected chi connectivity index (χ1v) is 6.43. The van der Waals surface area contributed by atoms with E-state index in [1.807, 2.05) is 12.3 Å². The molecule has 1 N–H and O–H groups in total. The van der Waals surface area contributed by atoms with Crippen LogP contribution in [0.15, 0.2) is 18.3 Å². The van der Waals surface area contributed by atoms with Crippen LogP contribution in [0.2, 0.25) is 0 Å². The van der Waals surface area contributed by atoms with E-state index < -0.39 is 0 Å². The van der Waals surface area contributed by atoms with Gasteiger partial charge in [-0.05, 0) is 51.9 Å². The summed E-state index contributed by atoms with van der Waals surface area (Å²) in [6.45, 7) is 4.06. The van der Waals surface area contributed by atoms with Crippen molar-refractivity contribution in [3.05, 3.63) is 29.6 Å². The minimum Gasteiger partial charge on any atom is -0.309 e. The average molecular weight is 233 g/mol. The maximum atomic E-state index is 4.41. The fourth-order valence-corrected chi connectivity index (χ4v) is 2.48. The van der Waals surface area contributed by atoms with Crippen molar-refractivity contribution in [1.29, 1.82) is 0 Å². The number of aryl methyl sites for hydroxylation is 1. The van der Waals surface area contributed by atoms with Gasteiger partial charge in [0.15, 0.2) is 0 Å². The number of hydrogen-bond donors (Lipinski definition) is 1. The van der Waals surface area contributed by atoms with E-state index in [0.29, 0.717) is 5.54 Å². The van der Waals surface area contributed by atoms with E-state index >= 15 is 0 Å². The van der Waals surface area contributed by atoms with Crippen molar-refractivity contribution in [2.75, 3.05) is 20.6 Å². The number of pyridine rings is 1. The molecule has 1 aliphatic carbocycles. The molecule has 1 fully saturated rings. The van der Waals surface area contributed by atoms with Crippen molar-refractivity contribution in [2.24, 2.45) is 0 Å². The standard InChI is InChI=1S/C14H23N3/c1-12-6-4-9-16-13(12)10-15-11-14(17(2)3)7-5-8-14/h4,6,9,15H,5,7-8,10-11H2,1-3H3. The number of likely N-dealkylation sites (N-methyl/N-ethyl adjacent to an activating group) is 1. The Morgan fingerprint density at radius 2 is 2.18 bits per heavy atom. The van der Waals surface area contributed by atoms with Gasteiger partial charge in [-0.1, -0.05) is 6.07 Å². The number of aromatic nitrogens is 1. The SMILES string of the molecule is Cc1cccnc1CNCC1(N(C)C)CCC1. The summed E-state index contributed by atoms with van der Waals surface area (Å²) in [5, 5.41) is 3.56. The van der Waals surface area contributed by atoms with E-state index in [0.717, 1.165) is 13.1 Å². The molecule has 1 aromatic rings. The maximum absolute atomic E-state index is 4.41. The minimum atomic E-state index is 0.392. The second kappa shape index (κ2) is 5.15. The largest absolute Gasteiger partial charge is 0.309 e. The van der Waals surface area contributed by atoms with Crippen LogP contribution in [0.3, 0.4) is 0 Å². The zero-order chi connectivity index (χ0) is 12.3. The Labute approximate surface area is 104 Å². The average Bonchev–Trinajstić information content (AvgIpc) is 2.23. The summed E-state index contributed by atoms with van der Waals surface area (Å²) in [6.07, 6.45) is 5.86. The molecule has 0 amide bonds. The summed E-state index contributed by atoms with van der Waals surface area (Å²) in [4.78, 5) is 6.78. The lowest BCUT2D eigenvalue weighted by atomic mass is 9.75. The van der Waals surface area contributed by atoms with E-state index in [9.17, 15) is 0 Å². The number of nitrogens with one attached hydrogen (secondary N) is 1. The zero-order valence-corrected chi connectivity index (χ0v) is 11.2. The first kappa shape index (κ1) is 12.5. The highest BCUT2D eigenvalue weighted by molar-refractivity contribution is 5.17. The quantitative estimate of drug-likeness (QED) is 0.842. The topological polar surface area (TPSA) is 28.2 Å². The predicted molar refractivity (Wildman–Crippen MR) is 70.9 cm³/mol. The third kappa shape index (κ3) is 2.67. The van der Waals surface area contributed by atoms with Crippen molar-refractivity contribution in [2.45, 2.75) is 38.3 Å². The van der Waals surface area contributed by atoms with E-state index in [4.69, 9.17) is 0 Å². The normalized spacial score (nSPS) is 18.1. The summed E-state index contributed by atoms with van der Waals surface area (Å²) in [7, 11) is 4.37. The van der Waals surface area contributed by atoms with Crippen molar-refractivity contribution >= 4 is 0 Å². The van der Waals surface area contributed by atoms with Crippen molar-refractivity contribution in [3.8, 4) is 0 Å². The van der Waals surface area contributed by atoms with Crippen LogP contribution in [-0.2, 0) is 6.54 Å². The molecule has 1 saturated carbocycles. The molecule has 0 saturated heterocycles. The molecule has 0 bridgehead atoms. The zero-order valence-electron chi connectivity index (χ0n) is 11.2. The molecule has 94 valence electrons. The fraction of sp³-hybridized carbons (Fsp3) is 0.643. The third-order valence-corrected chi connectivity index (χ3v) is 4.10. The fourth-order valence-electron chi connectivity index (χ4n) is 2.48. The van der Waals surface area contributed by atoms with E-state index in [1.165, 1.54) is 30.5 Å². The highest BCUT2D eigenvalue weighted by atomic mass is 15.2. The molecule has 0 aromatic carbocycles. The molecule has 1 aromatic heterocycles. The van der Waals surface area contributed by atoms with Gasteiger partial charge in [0.05, 0.1) is 5.69 Å². The Morgan fingerprint density at radius 1 is 1.41 bits per heavy atom. The highest BCUT2D eigenvalue weighted by Crippen LogP contribution is 2.35. The van der Waals surface area contributed by atoms with E-state index in [1.54, 1.807) is 0 Å². The summed E-state index contributed by atoms with van der Waals surface area (Å²) < 4.78 is 0. The van der Waals surface area contributed by atoms with E-state index in [2.05, 4.69) is 42.3 Å².